The number of aliphatic hydroxyl groups is 1. The van der Waals surface area contributed by atoms with Gasteiger partial charge in [-0.15, -0.1) is 5.10 Å². The number of carbonyl (C=O) groups is 1. The number of benzene rings is 1. The van der Waals surface area contributed by atoms with Crippen molar-refractivity contribution in [3.05, 3.63) is 41.2 Å². The van der Waals surface area contributed by atoms with Crippen molar-refractivity contribution in [2.75, 3.05) is 5.75 Å². The van der Waals surface area contributed by atoms with E-state index in [1.165, 1.54) is 38.0 Å². The molecular formula is C16H19N3O3S. The molecule has 0 amide bonds. The highest BCUT2D eigenvalue weighted by molar-refractivity contribution is 8.13. The average Bonchev–Trinajstić information content (AvgIpc) is 2.48. The number of nitrogens with zero attached hydrogens (tertiary/aromatic N) is 3. The van der Waals surface area contributed by atoms with Gasteiger partial charge >= 0.3 is 0 Å². The van der Waals surface area contributed by atoms with Gasteiger partial charge in [-0.05, 0) is 31.7 Å². The van der Waals surface area contributed by atoms with Crippen molar-refractivity contribution in [1.29, 1.82) is 0 Å². The predicted molar refractivity (Wildman–Crippen MR) is 95.8 cm³/mol. The first kappa shape index (κ1) is 18.6. The monoisotopic (exact) mass is 333 g/mol. The van der Waals surface area contributed by atoms with Crippen LogP contribution < -0.4 is 0 Å². The zero-order valence-electron chi connectivity index (χ0n) is 13.2. The van der Waals surface area contributed by atoms with Crippen LogP contribution >= 0.6 is 11.8 Å². The number of allylic oxidation sites excluding steroid dienone is 2. The maximum Gasteiger partial charge on any atom is 0.208 e. The summed E-state index contributed by atoms with van der Waals surface area (Å²) < 4.78 is 0. The predicted octanol–water partition coefficient (Wildman–Crippen LogP) is 3.33. The van der Waals surface area contributed by atoms with Crippen molar-refractivity contribution in [3.8, 4) is 5.75 Å². The van der Waals surface area contributed by atoms with E-state index in [1.807, 2.05) is 6.92 Å². The fourth-order valence-electron chi connectivity index (χ4n) is 1.52. The van der Waals surface area contributed by atoms with Crippen LogP contribution in [0.4, 0.5) is 0 Å². The van der Waals surface area contributed by atoms with Crippen molar-refractivity contribution in [3.63, 3.8) is 0 Å². The summed E-state index contributed by atoms with van der Waals surface area (Å²) in [4.78, 5) is 15.5. The number of hydrogen-bond donors (Lipinski definition) is 2. The molecule has 0 fully saturated rings. The second-order valence-corrected chi connectivity index (χ2v) is 5.66. The summed E-state index contributed by atoms with van der Waals surface area (Å²) >= 11 is 1.34. The molecule has 7 heteroatoms. The molecule has 0 unspecified atom stereocenters. The third-order valence-corrected chi connectivity index (χ3v) is 3.36. The molecule has 1 rings (SSSR count). The molecule has 0 bridgehead atoms. The number of hydrogen-bond acceptors (Lipinski definition) is 6. The van der Waals surface area contributed by atoms with Crippen LogP contribution in [0.2, 0.25) is 0 Å². The maximum atomic E-state index is 11.4. The summed E-state index contributed by atoms with van der Waals surface area (Å²) in [6.07, 6.45) is 2.69. The molecule has 0 saturated carbocycles. The highest BCUT2D eigenvalue weighted by Crippen LogP contribution is 2.13. The van der Waals surface area contributed by atoms with Crippen molar-refractivity contribution in [2.45, 2.75) is 20.8 Å². The van der Waals surface area contributed by atoms with Gasteiger partial charge in [0.1, 0.15) is 11.5 Å². The summed E-state index contributed by atoms with van der Waals surface area (Å²) in [6, 6.07) is 6.75. The molecule has 23 heavy (non-hydrogen) atoms. The topological polar surface area (TPSA) is 94.6 Å². The molecule has 0 aliphatic carbocycles. The molecule has 1 aromatic rings. The molecule has 0 radical (unpaired) electrons. The Balaban J connectivity index is 2.96. The van der Waals surface area contributed by atoms with Crippen LogP contribution in [0, 0.1) is 0 Å². The van der Waals surface area contributed by atoms with Crippen LogP contribution in [0.15, 0.2) is 50.8 Å². The van der Waals surface area contributed by atoms with Gasteiger partial charge in [0.15, 0.2) is 5.78 Å². The van der Waals surface area contributed by atoms with Gasteiger partial charge < -0.3 is 10.2 Å². The molecule has 0 aliphatic heterocycles. The molecule has 0 aromatic heterocycles. The second-order valence-electron chi connectivity index (χ2n) is 4.43. The Morgan fingerprint density at radius 3 is 2.57 bits per heavy atom. The molecular weight excluding hydrogens is 314 g/mol. The number of para-hydroxylation sites is 1. The highest BCUT2D eigenvalue weighted by atomic mass is 32.2. The fourth-order valence-corrected chi connectivity index (χ4v) is 2.01. The minimum absolute atomic E-state index is 0.0974. The zero-order valence-corrected chi connectivity index (χ0v) is 14.0. The van der Waals surface area contributed by atoms with Crippen molar-refractivity contribution in [1.82, 2.24) is 0 Å². The lowest BCUT2D eigenvalue weighted by molar-refractivity contribution is -0.113. The molecule has 0 heterocycles. The van der Waals surface area contributed by atoms with E-state index in [9.17, 15) is 15.0 Å². The summed E-state index contributed by atoms with van der Waals surface area (Å²) in [6.45, 7) is 4.70. The number of Topliss-reactive ketones (excluding diaryl/α,β-unsaturated/α-hetero) is 1. The number of rotatable bonds is 5. The lowest BCUT2D eigenvalue weighted by atomic mass is 10.2. The van der Waals surface area contributed by atoms with Gasteiger partial charge in [-0.1, -0.05) is 30.8 Å². The molecule has 0 atom stereocenters. The Hall–Kier alpha value is -2.41. The number of aromatic hydroxyl groups is 1. The number of aliphatic imine (C=N–C) groups is 1. The number of phenols is 1. The van der Waals surface area contributed by atoms with Gasteiger partial charge in [0.25, 0.3) is 0 Å². The Morgan fingerprint density at radius 2 is 2.00 bits per heavy atom. The van der Waals surface area contributed by atoms with E-state index in [-0.39, 0.29) is 22.9 Å². The van der Waals surface area contributed by atoms with Crippen LogP contribution in [0.25, 0.3) is 0 Å². The second kappa shape index (κ2) is 9.58. The quantitative estimate of drug-likeness (QED) is 0.284. The normalized spacial score (nSPS) is 13.6. The standard InChI is InChI=1S/C16H19N3O3S/c1-4-23-16(17-10-14(11(2)20)12(3)21)19-18-9-13-7-5-6-8-15(13)22/h5-10,20,22H,4H2,1-3H3/b14-11+,17-10-,18-9+,19-16+. The number of amidine groups is 1. The molecule has 6 nitrogen and oxygen atoms in total. The smallest absolute Gasteiger partial charge is 0.208 e. The number of ketones is 1. The van der Waals surface area contributed by atoms with E-state index < -0.39 is 0 Å². The van der Waals surface area contributed by atoms with Crippen molar-refractivity contribution in [2.24, 2.45) is 15.2 Å². The maximum absolute atomic E-state index is 11.4. The van der Waals surface area contributed by atoms with Gasteiger partial charge in [0, 0.05) is 11.8 Å². The van der Waals surface area contributed by atoms with E-state index in [0.29, 0.717) is 10.7 Å². The number of phenolic OH excluding ortho intramolecular Hbond substituents is 1. The van der Waals surface area contributed by atoms with Gasteiger partial charge in [-0.2, -0.15) is 5.10 Å². The summed E-state index contributed by atoms with van der Waals surface area (Å²) in [5, 5.41) is 27.3. The van der Waals surface area contributed by atoms with Crippen LogP contribution in [0.3, 0.4) is 0 Å². The molecule has 1 aromatic carbocycles. The van der Waals surface area contributed by atoms with E-state index >= 15 is 0 Å². The Labute approximate surface area is 139 Å². The summed E-state index contributed by atoms with van der Waals surface area (Å²) in [5.74, 6) is 0.448. The van der Waals surface area contributed by atoms with E-state index in [2.05, 4.69) is 15.2 Å². The minimum Gasteiger partial charge on any atom is -0.512 e. The summed E-state index contributed by atoms with van der Waals surface area (Å²) in [5.41, 5.74) is 0.663. The van der Waals surface area contributed by atoms with E-state index in [1.54, 1.807) is 24.3 Å². The zero-order chi connectivity index (χ0) is 17.2. The number of aliphatic hydroxyl groups excluding tert-OH is 1. The van der Waals surface area contributed by atoms with Crippen molar-refractivity contribution < 1.29 is 15.0 Å². The molecule has 122 valence electrons. The number of thioether (sulfide) groups is 1. The van der Waals surface area contributed by atoms with Crippen molar-refractivity contribution >= 4 is 35.1 Å². The van der Waals surface area contributed by atoms with Crippen LogP contribution in [-0.2, 0) is 4.79 Å². The van der Waals surface area contributed by atoms with Crippen LogP contribution in [0.5, 0.6) is 5.75 Å². The van der Waals surface area contributed by atoms with Crippen LogP contribution in [0.1, 0.15) is 26.3 Å². The fraction of sp³-hybridized carbons (Fsp3) is 0.250. The summed E-state index contributed by atoms with van der Waals surface area (Å²) in [7, 11) is 0. The number of carbonyl (C=O) groups excluding carboxylic acids is 1. The molecule has 0 spiro atoms. The van der Waals surface area contributed by atoms with Gasteiger partial charge in [0.05, 0.1) is 11.8 Å². The van der Waals surface area contributed by atoms with Gasteiger partial charge in [-0.3, -0.25) is 4.79 Å². The first-order chi connectivity index (χ1) is 11.0. The highest BCUT2D eigenvalue weighted by Gasteiger charge is 2.05. The third-order valence-electron chi connectivity index (χ3n) is 2.62. The Kier molecular flexibility index (Phi) is 7.76. The SMILES string of the molecule is CCSC(/N=C\C(C(C)=O)=C(\C)O)=N/N=C/c1ccccc1O. The van der Waals surface area contributed by atoms with E-state index in [4.69, 9.17) is 0 Å². The largest absolute Gasteiger partial charge is 0.512 e. The molecule has 0 aliphatic rings. The Bertz CT molecular complexity index is 675. The van der Waals surface area contributed by atoms with E-state index in [0.717, 1.165) is 5.75 Å². The first-order valence-corrected chi connectivity index (χ1v) is 7.91. The van der Waals surface area contributed by atoms with Gasteiger partial charge in [-0.25, -0.2) is 4.99 Å². The lowest BCUT2D eigenvalue weighted by Gasteiger charge is -1.99. The minimum atomic E-state index is -0.285. The Morgan fingerprint density at radius 1 is 1.30 bits per heavy atom. The van der Waals surface area contributed by atoms with Crippen LogP contribution in [-0.4, -0.2) is 39.3 Å². The lowest BCUT2D eigenvalue weighted by Crippen LogP contribution is -2.03. The first-order valence-electron chi connectivity index (χ1n) is 6.92. The average molecular weight is 333 g/mol. The third kappa shape index (κ3) is 6.48. The van der Waals surface area contributed by atoms with Gasteiger partial charge in [0.2, 0.25) is 5.17 Å². The molecule has 0 saturated heterocycles. The molecule has 2 N–H and O–H groups in total.